The van der Waals surface area contributed by atoms with Crippen molar-refractivity contribution >= 4 is 46.6 Å². The molecule has 0 saturated heterocycles. The second-order valence-corrected chi connectivity index (χ2v) is 6.36. The van der Waals surface area contributed by atoms with E-state index in [9.17, 15) is 10.1 Å². The minimum atomic E-state index is -0.524. The summed E-state index contributed by atoms with van der Waals surface area (Å²) >= 11 is 11.9. The number of carbonyl (C=O) groups is 1. The summed E-state index contributed by atoms with van der Waals surface area (Å²) in [6.45, 7) is 6.02. The summed E-state index contributed by atoms with van der Waals surface area (Å²) in [6, 6.07) is 14.4. The van der Waals surface area contributed by atoms with Gasteiger partial charge in [0, 0.05) is 23.8 Å². The number of nitrogens with one attached hydrogen (secondary N) is 1. The van der Waals surface area contributed by atoms with E-state index in [1.165, 1.54) is 6.07 Å². The highest BCUT2D eigenvalue weighted by Gasteiger charge is 2.12. The third kappa shape index (κ3) is 5.01. The Balaban J connectivity index is 2.19. The predicted molar refractivity (Wildman–Crippen MR) is 109 cm³/mol. The molecule has 0 spiro atoms. The van der Waals surface area contributed by atoms with Crippen molar-refractivity contribution in [3.63, 3.8) is 0 Å². The molecular formula is C20H19Cl2N3O. The Bertz CT molecular complexity index is 850. The van der Waals surface area contributed by atoms with Crippen LogP contribution in [0, 0.1) is 11.3 Å². The van der Waals surface area contributed by atoms with Crippen molar-refractivity contribution in [2.75, 3.05) is 23.3 Å². The van der Waals surface area contributed by atoms with Gasteiger partial charge in [-0.05, 0) is 55.8 Å². The molecule has 0 saturated carbocycles. The molecule has 0 radical (unpaired) electrons. The SMILES string of the molecule is CCN(CC)c1ccc(/C=C(\C#N)C(=O)Nc2ccc(Cl)cc2Cl)cc1. The monoisotopic (exact) mass is 387 g/mol. The lowest BCUT2D eigenvalue weighted by Crippen LogP contribution is -2.21. The fraction of sp³-hybridized carbons (Fsp3) is 0.200. The number of rotatable bonds is 6. The molecule has 0 aromatic heterocycles. The van der Waals surface area contributed by atoms with E-state index in [4.69, 9.17) is 23.2 Å². The van der Waals surface area contributed by atoms with E-state index in [1.54, 1.807) is 18.2 Å². The highest BCUT2D eigenvalue weighted by atomic mass is 35.5. The van der Waals surface area contributed by atoms with Crippen LogP contribution in [-0.2, 0) is 4.79 Å². The second-order valence-electron chi connectivity index (χ2n) is 5.51. The van der Waals surface area contributed by atoms with Crippen molar-refractivity contribution in [3.05, 3.63) is 63.6 Å². The van der Waals surface area contributed by atoms with Crippen LogP contribution in [0.15, 0.2) is 48.0 Å². The van der Waals surface area contributed by atoms with Gasteiger partial charge in [0.1, 0.15) is 11.6 Å². The van der Waals surface area contributed by atoms with Crippen LogP contribution in [0.2, 0.25) is 10.0 Å². The first-order valence-electron chi connectivity index (χ1n) is 8.21. The molecule has 0 aliphatic heterocycles. The summed E-state index contributed by atoms with van der Waals surface area (Å²) in [5.74, 6) is -0.524. The van der Waals surface area contributed by atoms with Gasteiger partial charge in [0.25, 0.3) is 5.91 Å². The maximum atomic E-state index is 12.4. The van der Waals surface area contributed by atoms with Crippen molar-refractivity contribution in [2.45, 2.75) is 13.8 Å². The first kappa shape index (κ1) is 19.8. The van der Waals surface area contributed by atoms with Gasteiger partial charge in [-0.25, -0.2) is 0 Å². The van der Waals surface area contributed by atoms with Gasteiger partial charge in [-0.1, -0.05) is 35.3 Å². The molecular weight excluding hydrogens is 369 g/mol. The molecule has 26 heavy (non-hydrogen) atoms. The van der Waals surface area contributed by atoms with Gasteiger partial charge in [0.15, 0.2) is 0 Å². The highest BCUT2D eigenvalue weighted by molar-refractivity contribution is 6.36. The molecule has 0 bridgehead atoms. The summed E-state index contributed by atoms with van der Waals surface area (Å²) < 4.78 is 0. The van der Waals surface area contributed by atoms with E-state index in [1.807, 2.05) is 30.3 Å². The minimum absolute atomic E-state index is 0.00777. The molecule has 0 atom stereocenters. The number of halogens is 2. The Labute approximate surface area is 163 Å². The van der Waals surface area contributed by atoms with Crippen LogP contribution in [0.3, 0.4) is 0 Å². The molecule has 134 valence electrons. The Morgan fingerprint density at radius 2 is 1.81 bits per heavy atom. The zero-order valence-corrected chi connectivity index (χ0v) is 16.1. The molecule has 2 rings (SSSR count). The van der Waals surface area contributed by atoms with E-state index >= 15 is 0 Å². The van der Waals surface area contributed by atoms with Gasteiger partial charge in [-0.15, -0.1) is 0 Å². The lowest BCUT2D eigenvalue weighted by atomic mass is 10.1. The summed E-state index contributed by atoms with van der Waals surface area (Å²) in [5.41, 5.74) is 2.27. The average molecular weight is 388 g/mol. The van der Waals surface area contributed by atoms with Crippen LogP contribution in [-0.4, -0.2) is 19.0 Å². The van der Waals surface area contributed by atoms with Crippen LogP contribution in [0.4, 0.5) is 11.4 Å². The van der Waals surface area contributed by atoms with Crippen molar-refractivity contribution in [3.8, 4) is 6.07 Å². The summed E-state index contributed by atoms with van der Waals surface area (Å²) in [5, 5.41) is 12.7. The molecule has 4 nitrogen and oxygen atoms in total. The smallest absolute Gasteiger partial charge is 0.266 e. The molecule has 2 aromatic carbocycles. The maximum absolute atomic E-state index is 12.4. The molecule has 2 aromatic rings. The molecule has 0 heterocycles. The van der Waals surface area contributed by atoms with Crippen molar-refractivity contribution in [1.29, 1.82) is 5.26 Å². The summed E-state index contributed by atoms with van der Waals surface area (Å²) in [6.07, 6.45) is 1.55. The van der Waals surface area contributed by atoms with E-state index in [0.717, 1.165) is 24.3 Å². The number of nitriles is 1. The number of carbonyl (C=O) groups excluding carboxylic acids is 1. The Morgan fingerprint density at radius 3 is 2.35 bits per heavy atom. The maximum Gasteiger partial charge on any atom is 0.266 e. The number of hydrogen-bond acceptors (Lipinski definition) is 3. The molecule has 1 N–H and O–H groups in total. The van der Waals surface area contributed by atoms with Crippen molar-refractivity contribution in [1.82, 2.24) is 0 Å². The molecule has 0 aliphatic rings. The zero-order chi connectivity index (χ0) is 19.1. The number of benzene rings is 2. The predicted octanol–water partition coefficient (Wildman–Crippen LogP) is 5.39. The van der Waals surface area contributed by atoms with Crippen molar-refractivity contribution < 1.29 is 4.79 Å². The second kappa shape index (κ2) is 9.28. The van der Waals surface area contributed by atoms with Crippen LogP contribution in [0.1, 0.15) is 19.4 Å². The minimum Gasteiger partial charge on any atom is -0.372 e. The normalized spacial score (nSPS) is 11.0. The van der Waals surface area contributed by atoms with Crippen LogP contribution < -0.4 is 10.2 Å². The Morgan fingerprint density at radius 1 is 1.15 bits per heavy atom. The number of anilines is 2. The Hall–Kier alpha value is -2.48. The number of nitrogens with zero attached hydrogens (tertiary/aromatic N) is 2. The van der Waals surface area contributed by atoms with Crippen LogP contribution >= 0.6 is 23.2 Å². The third-order valence-electron chi connectivity index (χ3n) is 3.88. The van der Waals surface area contributed by atoms with E-state index in [2.05, 4.69) is 24.1 Å². The average Bonchev–Trinajstić information content (AvgIpc) is 2.64. The van der Waals surface area contributed by atoms with Gasteiger partial charge < -0.3 is 10.2 Å². The number of amides is 1. The molecule has 6 heteroatoms. The highest BCUT2D eigenvalue weighted by Crippen LogP contribution is 2.26. The lowest BCUT2D eigenvalue weighted by Gasteiger charge is -2.20. The zero-order valence-electron chi connectivity index (χ0n) is 14.6. The standard InChI is InChI=1S/C20H19Cl2N3O/c1-3-25(4-2)17-8-5-14(6-9-17)11-15(13-23)20(26)24-19-10-7-16(21)12-18(19)22/h5-12H,3-4H2,1-2H3,(H,24,26)/b15-11+. The summed E-state index contributed by atoms with van der Waals surface area (Å²) in [7, 11) is 0. The van der Waals surface area contributed by atoms with E-state index in [-0.39, 0.29) is 5.57 Å². The topological polar surface area (TPSA) is 56.1 Å². The summed E-state index contributed by atoms with van der Waals surface area (Å²) in [4.78, 5) is 14.6. The van der Waals surface area contributed by atoms with E-state index in [0.29, 0.717) is 15.7 Å². The molecule has 0 unspecified atom stereocenters. The molecule has 0 fully saturated rings. The fourth-order valence-corrected chi connectivity index (χ4v) is 2.92. The lowest BCUT2D eigenvalue weighted by molar-refractivity contribution is -0.112. The first-order valence-corrected chi connectivity index (χ1v) is 8.97. The van der Waals surface area contributed by atoms with Crippen molar-refractivity contribution in [2.24, 2.45) is 0 Å². The third-order valence-corrected chi connectivity index (χ3v) is 4.42. The molecule has 0 aliphatic carbocycles. The first-order chi connectivity index (χ1) is 12.5. The van der Waals surface area contributed by atoms with Gasteiger partial charge in [-0.2, -0.15) is 5.26 Å². The van der Waals surface area contributed by atoms with Gasteiger partial charge >= 0.3 is 0 Å². The van der Waals surface area contributed by atoms with Crippen LogP contribution in [0.25, 0.3) is 6.08 Å². The van der Waals surface area contributed by atoms with Gasteiger partial charge in [-0.3, -0.25) is 4.79 Å². The fourth-order valence-electron chi connectivity index (χ4n) is 2.47. The quantitative estimate of drug-likeness (QED) is 0.534. The van der Waals surface area contributed by atoms with Gasteiger partial charge in [0.2, 0.25) is 0 Å². The molecule has 1 amide bonds. The van der Waals surface area contributed by atoms with E-state index < -0.39 is 5.91 Å². The number of hydrogen-bond donors (Lipinski definition) is 1. The Kier molecular flexibility index (Phi) is 7.08. The largest absolute Gasteiger partial charge is 0.372 e. The van der Waals surface area contributed by atoms with Gasteiger partial charge in [0.05, 0.1) is 10.7 Å². The van der Waals surface area contributed by atoms with Crippen LogP contribution in [0.5, 0.6) is 0 Å².